The van der Waals surface area contributed by atoms with E-state index in [0.29, 0.717) is 12.2 Å². The Kier molecular flexibility index (Phi) is 5.58. The molecule has 3 rings (SSSR count). The predicted octanol–water partition coefficient (Wildman–Crippen LogP) is 2.95. The Labute approximate surface area is 160 Å². The van der Waals surface area contributed by atoms with Crippen LogP contribution in [0.3, 0.4) is 0 Å². The minimum Gasteiger partial charge on any atom is -0.326 e. The zero-order valence-corrected chi connectivity index (χ0v) is 15.7. The van der Waals surface area contributed by atoms with E-state index in [0.717, 1.165) is 11.0 Å². The van der Waals surface area contributed by atoms with Gasteiger partial charge in [-0.25, -0.2) is 9.18 Å². The number of aromatic nitrogens is 2. The molecule has 0 saturated carbocycles. The molecule has 1 heterocycles. The first kappa shape index (κ1) is 19.3. The Morgan fingerprint density at radius 2 is 1.71 bits per heavy atom. The fourth-order valence-electron chi connectivity index (χ4n) is 3.12. The fraction of sp³-hybridized carbons (Fsp3) is 0.250. The van der Waals surface area contributed by atoms with Gasteiger partial charge in [-0.2, -0.15) is 0 Å². The number of hydrogen-bond acceptors (Lipinski definition) is 3. The number of para-hydroxylation sites is 2. The number of rotatable bonds is 6. The van der Waals surface area contributed by atoms with Crippen LogP contribution in [0.5, 0.6) is 0 Å². The number of imidazole rings is 1. The second-order valence-corrected chi connectivity index (χ2v) is 6.34. The summed E-state index contributed by atoms with van der Waals surface area (Å²) >= 11 is 0. The van der Waals surface area contributed by atoms with Crippen molar-refractivity contribution in [1.29, 1.82) is 0 Å². The summed E-state index contributed by atoms with van der Waals surface area (Å²) in [5, 5.41) is 5.03. The summed E-state index contributed by atoms with van der Waals surface area (Å²) < 4.78 is 17.2. The van der Waals surface area contributed by atoms with Crippen LogP contribution in [0.1, 0.15) is 20.3 Å². The van der Waals surface area contributed by atoms with Crippen LogP contribution in [0.2, 0.25) is 0 Å². The minimum atomic E-state index is -0.609. The standard InChI is InChI=1S/C20H21FN4O3/c1-3-24-17-6-4-5-7-18(17)25(20(24)28)11-10-19(27)23-16-12-14(22-13(2)26)8-9-15(16)21/h4-9,12H,3,10-11H2,1-2H3,(H,22,26)(H,23,27). The summed E-state index contributed by atoms with van der Waals surface area (Å²) in [5.41, 5.74) is 1.73. The van der Waals surface area contributed by atoms with E-state index in [1.807, 2.05) is 31.2 Å². The maximum absolute atomic E-state index is 14.0. The Morgan fingerprint density at radius 1 is 1.04 bits per heavy atom. The number of halogens is 1. The number of fused-ring (bicyclic) bond motifs is 1. The molecular weight excluding hydrogens is 363 g/mol. The third-order valence-corrected chi connectivity index (χ3v) is 4.36. The maximum atomic E-state index is 14.0. The summed E-state index contributed by atoms with van der Waals surface area (Å²) in [6.07, 6.45) is 0.00142. The highest BCUT2D eigenvalue weighted by Gasteiger charge is 2.14. The first-order chi connectivity index (χ1) is 13.4. The van der Waals surface area contributed by atoms with Crippen LogP contribution >= 0.6 is 0 Å². The quantitative estimate of drug-likeness (QED) is 0.685. The van der Waals surface area contributed by atoms with E-state index in [1.165, 1.54) is 25.1 Å². The number of amides is 2. The summed E-state index contributed by atoms with van der Waals surface area (Å²) in [6, 6.07) is 11.3. The zero-order valence-electron chi connectivity index (χ0n) is 15.7. The number of carbonyl (C=O) groups excluding carboxylic acids is 2. The third kappa shape index (κ3) is 3.95. The minimum absolute atomic E-state index is 0.00142. The molecule has 0 aliphatic rings. The predicted molar refractivity (Wildman–Crippen MR) is 106 cm³/mol. The van der Waals surface area contributed by atoms with Gasteiger partial charge >= 0.3 is 5.69 Å². The van der Waals surface area contributed by atoms with Gasteiger partial charge in [-0.15, -0.1) is 0 Å². The van der Waals surface area contributed by atoms with Crippen LogP contribution < -0.4 is 16.3 Å². The van der Waals surface area contributed by atoms with Gasteiger partial charge in [0.05, 0.1) is 16.7 Å². The van der Waals surface area contributed by atoms with Gasteiger partial charge in [0.15, 0.2) is 0 Å². The van der Waals surface area contributed by atoms with Crippen molar-refractivity contribution in [2.24, 2.45) is 0 Å². The second-order valence-electron chi connectivity index (χ2n) is 6.34. The van der Waals surface area contributed by atoms with Crippen LogP contribution in [0, 0.1) is 5.82 Å². The molecule has 8 heteroatoms. The molecule has 0 aliphatic carbocycles. The molecule has 146 valence electrons. The molecule has 28 heavy (non-hydrogen) atoms. The monoisotopic (exact) mass is 384 g/mol. The van der Waals surface area contributed by atoms with E-state index in [1.54, 1.807) is 9.13 Å². The van der Waals surface area contributed by atoms with E-state index >= 15 is 0 Å². The molecule has 2 amide bonds. The van der Waals surface area contributed by atoms with E-state index in [-0.39, 0.29) is 30.2 Å². The average Bonchev–Trinajstić information content (AvgIpc) is 2.93. The van der Waals surface area contributed by atoms with Crippen LogP contribution in [-0.2, 0) is 22.7 Å². The lowest BCUT2D eigenvalue weighted by atomic mass is 10.2. The van der Waals surface area contributed by atoms with E-state index < -0.39 is 11.7 Å². The van der Waals surface area contributed by atoms with Crippen molar-refractivity contribution in [2.45, 2.75) is 33.4 Å². The van der Waals surface area contributed by atoms with Gasteiger partial charge in [0, 0.05) is 32.1 Å². The number of anilines is 2. The Balaban J connectivity index is 1.75. The zero-order chi connectivity index (χ0) is 20.3. The topological polar surface area (TPSA) is 85.1 Å². The molecule has 0 atom stereocenters. The molecule has 0 bridgehead atoms. The van der Waals surface area contributed by atoms with Crippen molar-refractivity contribution in [2.75, 3.05) is 10.6 Å². The lowest BCUT2D eigenvalue weighted by molar-refractivity contribution is -0.116. The molecule has 0 saturated heterocycles. The highest BCUT2D eigenvalue weighted by molar-refractivity contribution is 5.93. The third-order valence-electron chi connectivity index (χ3n) is 4.36. The fourth-order valence-corrected chi connectivity index (χ4v) is 3.12. The maximum Gasteiger partial charge on any atom is 0.329 e. The van der Waals surface area contributed by atoms with Gasteiger partial charge in [0.25, 0.3) is 0 Å². The molecule has 1 aromatic heterocycles. The van der Waals surface area contributed by atoms with Crippen LogP contribution in [0.15, 0.2) is 47.3 Å². The van der Waals surface area contributed by atoms with Crippen molar-refractivity contribution in [1.82, 2.24) is 9.13 Å². The Bertz CT molecular complexity index is 1100. The van der Waals surface area contributed by atoms with Crippen molar-refractivity contribution >= 4 is 34.2 Å². The van der Waals surface area contributed by atoms with Gasteiger partial charge in [-0.1, -0.05) is 12.1 Å². The first-order valence-corrected chi connectivity index (χ1v) is 8.95. The van der Waals surface area contributed by atoms with E-state index in [9.17, 15) is 18.8 Å². The van der Waals surface area contributed by atoms with Crippen molar-refractivity contribution in [3.05, 3.63) is 58.8 Å². The molecule has 3 aromatic rings. The normalized spacial score (nSPS) is 10.8. The number of carbonyl (C=O) groups is 2. The van der Waals surface area contributed by atoms with Gasteiger partial charge < -0.3 is 10.6 Å². The Morgan fingerprint density at radius 3 is 2.36 bits per heavy atom. The van der Waals surface area contributed by atoms with Crippen LogP contribution in [0.25, 0.3) is 11.0 Å². The van der Waals surface area contributed by atoms with Crippen LogP contribution in [0.4, 0.5) is 15.8 Å². The molecule has 2 N–H and O–H groups in total. The number of nitrogens with zero attached hydrogens (tertiary/aromatic N) is 2. The number of hydrogen-bond donors (Lipinski definition) is 2. The van der Waals surface area contributed by atoms with E-state index in [4.69, 9.17) is 0 Å². The van der Waals surface area contributed by atoms with Crippen LogP contribution in [-0.4, -0.2) is 20.9 Å². The van der Waals surface area contributed by atoms with Gasteiger partial charge in [-0.05, 0) is 37.3 Å². The van der Waals surface area contributed by atoms with Gasteiger partial charge in [0.2, 0.25) is 11.8 Å². The van der Waals surface area contributed by atoms with E-state index in [2.05, 4.69) is 10.6 Å². The second kappa shape index (κ2) is 8.08. The number of nitrogens with one attached hydrogen (secondary N) is 2. The summed E-state index contributed by atoms with van der Waals surface area (Å²) in [5.74, 6) is -1.34. The van der Waals surface area contributed by atoms with Crippen molar-refractivity contribution < 1.29 is 14.0 Å². The molecule has 7 nitrogen and oxygen atoms in total. The molecule has 0 spiro atoms. The number of benzene rings is 2. The number of aryl methyl sites for hydroxylation is 2. The average molecular weight is 384 g/mol. The van der Waals surface area contributed by atoms with Crippen molar-refractivity contribution in [3.8, 4) is 0 Å². The SMILES string of the molecule is CCn1c(=O)n(CCC(=O)Nc2cc(NC(C)=O)ccc2F)c2ccccc21. The summed E-state index contributed by atoms with van der Waals surface area (Å²) in [7, 11) is 0. The van der Waals surface area contributed by atoms with Gasteiger partial charge in [0.1, 0.15) is 5.82 Å². The van der Waals surface area contributed by atoms with Gasteiger partial charge in [-0.3, -0.25) is 18.7 Å². The molecular formula is C20H21FN4O3. The van der Waals surface area contributed by atoms with Crippen molar-refractivity contribution in [3.63, 3.8) is 0 Å². The highest BCUT2D eigenvalue weighted by Crippen LogP contribution is 2.20. The molecule has 0 radical (unpaired) electrons. The lowest BCUT2D eigenvalue weighted by Gasteiger charge is -2.09. The summed E-state index contributed by atoms with van der Waals surface area (Å²) in [6.45, 7) is 3.92. The molecule has 0 fully saturated rings. The first-order valence-electron chi connectivity index (χ1n) is 8.95. The molecule has 0 aliphatic heterocycles. The smallest absolute Gasteiger partial charge is 0.326 e. The molecule has 0 unspecified atom stereocenters. The molecule has 2 aromatic carbocycles. The Hall–Kier alpha value is -3.42. The summed E-state index contributed by atoms with van der Waals surface area (Å²) in [4.78, 5) is 36.0. The largest absolute Gasteiger partial charge is 0.329 e. The highest BCUT2D eigenvalue weighted by atomic mass is 19.1. The lowest BCUT2D eigenvalue weighted by Crippen LogP contribution is -2.25.